The molecule has 8 nitrogen and oxygen atoms in total. The average molecular weight is 499 g/mol. The number of benzene rings is 3. The van der Waals surface area contributed by atoms with Crippen molar-refractivity contribution in [1.82, 2.24) is 0 Å². The minimum Gasteiger partial charge on any atom is -0.495 e. The number of methoxy groups -OCH3 is 1. The lowest BCUT2D eigenvalue weighted by Crippen LogP contribution is -2.17. The van der Waals surface area contributed by atoms with Crippen LogP contribution in [0, 0.1) is 13.8 Å². The van der Waals surface area contributed by atoms with Crippen molar-refractivity contribution >= 4 is 27.3 Å². The predicted molar refractivity (Wildman–Crippen MR) is 136 cm³/mol. The van der Waals surface area contributed by atoms with Crippen LogP contribution in [0.2, 0.25) is 0 Å². The molecule has 0 aliphatic carbocycles. The first-order valence-corrected chi connectivity index (χ1v) is 12.6. The fourth-order valence-corrected chi connectivity index (χ4v) is 4.57. The molecule has 3 aromatic carbocycles. The van der Waals surface area contributed by atoms with Crippen molar-refractivity contribution in [3.8, 4) is 17.2 Å². The van der Waals surface area contributed by atoms with Crippen molar-refractivity contribution in [2.75, 3.05) is 30.4 Å². The molecule has 2 N–H and O–H groups in total. The molecule has 0 spiro atoms. The molecule has 0 heterocycles. The summed E-state index contributed by atoms with van der Waals surface area (Å²) in [5.74, 6) is 1.22. The Labute approximate surface area is 206 Å². The van der Waals surface area contributed by atoms with Gasteiger partial charge in [0.2, 0.25) is 5.91 Å². The fraction of sp³-hybridized carbons (Fsp3) is 0.269. The van der Waals surface area contributed by atoms with Gasteiger partial charge in [-0.25, -0.2) is 8.42 Å². The van der Waals surface area contributed by atoms with Crippen LogP contribution < -0.4 is 24.2 Å². The number of rotatable bonds is 11. The Bertz CT molecular complexity index is 1270. The summed E-state index contributed by atoms with van der Waals surface area (Å²) in [5, 5.41) is 2.72. The number of carbonyl (C=O) groups is 1. The van der Waals surface area contributed by atoms with E-state index in [2.05, 4.69) is 10.0 Å². The summed E-state index contributed by atoms with van der Waals surface area (Å²) in [5.41, 5.74) is 2.83. The van der Waals surface area contributed by atoms with Gasteiger partial charge in [-0.3, -0.25) is 9.52 Å². The molecular weight excluding hydrogens is 468 g/mol. The van der Waals surface area contributed by atoms with Crippen LogP contribution in [0.3, 0.4) is 0 Å². The lowest BCUT2D eigenvalue weighted by molar-refractivity contribution is -0.116. The quantitative estimate of drug-likeness (QED) is 0.389. The molecule has 0 aliphatic rings. The summed E-state index contributed by atoms with van der Waals surface area (Å²) >= 11 is 0. The molecule has 0 aliphatic heterocycles. The number of anilines is 2. The van der Waals surface area contributed by atoms with Crippen molar-refractivity contribution in [3.05, 3.63) is 71.8 Å². The van der Waals surface area contributed by atoms with Gasteiger partial charge >= 0.3 is 0 Å². The highest BCUT2D eigenvalue weighted by Crippen LogP contribution is 2.29. The molecular formula is C26H30N2O6S. The Morgan fingerprint density at radius 2 is 1.63 bits per heavy atom. The van der Waals surface area contributed by atoms with E-state index in [0.29, 0.717) is 23.7 Å². The van der Waals surface area contributed by atoms with Crippen LogP contribution in [0.15, 0.2) is 65.6 Å². The third kappa shape index (κ3) is 6.89. The first kappa shape index (κ1) is 25.9. The van der Waals surface area contributed by atoms with Crippen LogP contribution in [0.1, 0.15) is 24.5 Å². The van der Waals surface area contributed by atoms with Gasteiger partial charge < -0.3 is 19.5 Å². The molecule has 0 radical (unpaired) electrons. The highest BCUT2D eigenvalue weighted by Gasteiger charge is 2.21. The number of hydrogen-bond acceptors (Lipinski definition) is 6. The maximum atomic E-state index is 13.1. The summed E-state index contributed by atoms with van der Waals surface area (Å²) in [6.07, 6.45) is 0.103. The Hall–Kier alpha value is -3.72. The molecule has 0 aromatic heterocycles. The standard InChI is InChI=1S/C26H30N2O6S/c1-5-33-22-12-9-20(10-13-22)28-35(30,31)25-17-21(11-14-24(25)32-4)27-26(29)15-16-34-23-8-6-7-18(2)19(23)3/h6-14,17,28H,5,15-16H2,1-4H3,(H,27,29). The van der Waals surface area contributed by atoms with Crippen LogP contribution in [0.4, 0.5) is 11.4 Å². The Morgan fingerprint density at radius 1 is 0.914 bits per heavy atom. The number of nitrogens with one attached hydrogen (secondary N) is 2. The molecule has 1 amide bonds. The van der Waals surface area contributed by atoms with Crippen LogP contribution in [0.5, 0.6) is 17.2 Å². The minimum atomic E-state index is -3.99. The zero-order chi connectivity index (χ0) is 25.4. The van der Waals surface area contributed by atoms with Crippen LogP contribution in [-0.4, -0.2) is 34.6 Å². The van der Waals surface area contributed by atoms with Gasteiger partial charge in [0.15, 0.2) is 0 Å². The average Bonchev–Trinajstić information content (AvgIpc) is 2.83. The van der Waals surface area contributed by atoms with Crippen molar-refractivity contribution in [2.24, 2.45) is 0 Å². The number of amides is 1. The summed E-state index contributed by atoms with van der Waals surface area (Å²) < 4.78 is 45.0. The topological polar surface area (TPSA) is 103 Å². The van der Waals surface area contributed by atoms with E-state index >= 15 is 0 Å². The molecule has 0 unspecified atom stereocenters. The van der Waals surface area contributed by atoms with E-state index in [0.717, 1.165) is 16.9 Å². The summed E-state index contributed by atoms with van der Waals surface area (Å²) in [6, 6.07) is 16.8. The lowest BCUT2D eigenvalue weighted by atomic mass is 10.1. The molecule has 0 saturated heterocycles. The van der Waals surface area contributed by atoms with Gasteiger partial charge in [0.05, 0.1) is 26.7 Å². The molecule has 0 saturated carbocycles. The third-order valence-electron chi connectivity index (χ3n) is 5.30. The largest absolute Gasteiger partial charge is 0.495 e. The predicted octanol–water partition coefficient (Wildman–Crippen LogP) is 4.92. The number of carbonyl (C=O) groups excluding carboxylic acids is 1. The molecule has 3 aromatic rings. The zero-order valence-corrected chi connectivity index (χ0v) is 21.1. The van der Waals surface area contributed by atoms with E-state index in [1.54, 1.807) is 30.3 Å². The first-order chi connectivity index (χ1) is 16.7. The summed E-state index contributed by atoms with van der Waals surface area (Å²) in [7, 11) is -2.61. The molecule has 186 valence electrons. The van der Waals surface area contributed by atoms with Crippen molar-refractivity contribution < 1.29 is 27.4 Å². The molecule has 3 rings (SSSR count). The van der Waals surface area contributed by atoms with E-state index in [-0.39, 0.29) is 29.6 Å². The van der Waals surface area contributed by atoms with Crippen molar-refractivity contribution in [3.63, 3.8) is 0 Å². The van der Waals surface area contributed by atoms with Gasteiger partial charge in [-0.15, -0.1) is 0 Å². The highest BCUT2D eigenvalue weighted by molar-refractivity contribution is 7.92. The van der Waals surface area contributed by atoms with Crippen LogP contribution in [0.25, 0.3) is 0 Å². The van der Waals surface area contributed by atoms with E-state index < -0.39 is 10.0 Å². The van der Waals surface area contributed by atoms with Crippen LogP contribution >= 0.6 is 0 Å². The highest BCUT2D eigenvalue weighted by atomic mass is 32.2. The van der Waals surface area contributed by atoms with Crippen LogP contribution in [-0.2, 0) is 14.8 Å². The zero-order valence-electron chi connectivity index (χ0n) is 20.3. The van der Waals surface area contributed by atoms with E-state index in [1.165, 1.54) is 19.2 Å². The van der Waals surface area contributed by atoms with Gasteiger partial charge in [0.25, 0.3) is 10.0 Å². The number of ether oxygens (including phenoxy) is 3. The van der Waals surface area contributed by atoms with Crippen molar-refractivity contribution in [1.29, 1.82) is 0 Å². The molecule has 35 heavy (non-hydrogen) atoms. The van der Waals surface area contributed by atoms with Gasteiger partial charge in [-0.1, -0.05) is 12.1 Å². The number of hydrogen-bond donors (Lipinski definition) is 2. The Kier molecular flexibility index (Phi) is 8.59. The summed E-state index contributed by atoms with van der Waals surface area (Å²) in [6.45, 7) is 6.53. The van der Waals surface area contributed by atoms with Crippen molar-refractivity contribution in [2.45, 2.75) is 32.1 Å². The second kappa shape index (κ2) is 11.6. The van der Waals surface area contributed by atoms with Gasteiger partial charge in [-0.2, -0.15) is 0 Å². The monoisotopic (exact) mass is 498 g/mol. The Morgan fingerprint density at radius 3 is 2.31 bits per heavy atom. The molecule has 0 bridgehead atoms. The second-order valence-corrected chi connectivity index (χ2v) is 9.42. The maximum absolute atomic E-state index is 13.1. The second-order valence-electron chi connectivity index (χ2n) is 7.77. The van der Waals surface area contributed by atoms with E-state index in [1.807, 2.05) is 39.0 Å². The SMILES string of the molecule is CCOc1ccc(NS(=O)(=O)c2cc(NC(=O)CCOc3cccc(C)c3C)ccc2OC)cc1. The van der Waals surface area contributed by atoms with Gasteiger partial charge in [-0.05, 0) is 80.4 Å². The lowest BCUT2D eigenvalue weighted by Gasteiger charge is -2.14. The Balaban J connectivity index is 1.68. The smallest absolute Gasteiger partial charge is 0.265 e. The third-order valence-corrected chi connectivity index (χ3v) is 6.70. The van der Waals surface area contributed by atoms with Gasteiger partial charge in [0.1, 0.15) is 22.1 Å². The minimum absolute atomic E-state index is 0.0988. The maximum Gasteiger partial charge on any atom is 0.265 e. The number of aryl methyl sites for hydroxylation is 1. The van der Waals surface area contributed by atoms with E-state index in [9.17, 15) is 13.2 Å². The van der Waals surface area contributed by atoms with Gasteiger partial charge in [0, 0.05) is 11.4 Å². The first-order valence-electron chi connectivity index (χ1n) is 11.2. The molecule has 0 atom stereocenters. The summed E-state index contributed by atoms with van der Waals surface area (Å²) in [4.78, 5) is 12.3. The molecule has 9 heteroatoms. The fourth-order valence-electron chi connectivity index (χ4n) is 3.32. The van der Waals surface area contributed by atoms with E-state index in [4.69, 9.17) is 14.2 Å². The number of sulfonamides is 1. The molecule has 0 fully saturated rings. The normalized spacial score (nSPS) is 11.0.